The smallest absolute Gasteiger partial charge is 0.387 e. The molecule has 0 aliphatic heterocycles. The Bertz CT molecular complexity index is 696. The van der Waals surface area contributed by atoms with E-state index in [2.05, 4.69) is 15.0 Å². The number of carbonyl (C=O) groups excluding carboxylic acids is 1. The van der Waals surface area contributed by atoms with Gasteiger partial charge in [-0.1, -0.05) is 23.7 Å². The number of pyridine rings is 1. The molecular weight excluding hydrogens is 342 g/mol. The van der Waals surface area contributed by atoms with Gasteiger partial charge in [0, 0.05) is 12.6 Å². The maximum Gasteiger partial charge on any atom is 0.387 e. The molecule has 0 radical (unpaired) electrons. The number of benzene rings is 1. The third-order valence-electron chi connectivity index (χ3n) is 2.93. The van der Waals surface area contributed by atoms with Crippen molar-refractivity contribution in [3.05, 3.63) is 52.7 Å². The SMILES string of the molecule is CCOc1ccc(Cl)c(C(=O)NCc2ccc(OC(F)F)cc2)n1. The number of hydrogen-bond donors (Lipinski definition) is 1. The van der Waals surface area contributed by atoms with Crippen molar-refractivity contribution in [2.24, 2.45) is 0 Å². The molecule has 2 aromatic rings. The van der Waals surface area contributed by atoms with E-state index in [0.29, 0.717) is 18.1 Å². The van der Waals surface area contributed by atoms with Crippen LogP contribution >= 0.6 is 11.6 Å². The van der Waals surface area contributed by atoms with Crippen molar-refractivity contribution < 1.29 is 23.0 Å². The molecule has 2 rings (SSSR count). The minimum absolute atomic E-state index is 0.0502. The summed E-state index contributed by atoms with van der Waals surface area (Å²) in [6, 6.07) is 9.05. The van der Waals surface area contributed by atoms with Gasteiger partial charge in [-0.25, -0.2) is 4.98 Å². The fourth-order valence-corrected chi connectivity index (χ4v) is 2.06. The first-order chi connectivity index (χ1) is 11.5. The first-order valence-electron chi connectivity index (χ1n) is 7.11. The van der Waals surface area contributed by atoms with Gasteiger partial charge >= 0.3 is 6.61 Å². The second-order valence-corrected chi connectivity index (χ2v) is 5.03. The van der Waals surface area contributed by atoms with Gasteiger partial charge in [-0.2, -0.15) is 8.78 Å². The third kappa shape index (κ3) is 5.06. The predicted octanol–water partition coefficient (Wildman–Crippen LogP) is 3.67. The van der Waals surface area contributed by atoms with Crippen LogP contribution in [0.3, 0.4) is 0 Å². The van der Waals surface area contributed by atoms with Gasteiger partial charge in [0.25, 0.3) is 5.91 Å². The van der Waals surface area contributed by atoms with Crippen LogP contribution in [0.25, 0.3) is 0 Å². The monoisotopic (exact) mass is 356 g/mol. The zero-order valence-corrected chi connectivity index (χ0v) is 13.5. The van der Waals surface area contributed by atoms with E-state index in [1.807, 2.05) is 0 Å². The molecule has 0 unspecified atom stereocenters. The van der Waals surface area contributed by atoms with Crippen LogP contribution in [-0.4, -0.2) is 24.1 Å². The Morgan fingerprint density at radius 3 is 2.58 bits per heavy atom. The van der Waals surface area contributed by atoms with E-state index in [4.69, 9.17) is 16.3 Å². The Kier molecular flexibility index (Phi) is 6.31. The van der Waals surface area contributed by atoms with Gasteiger partial charge in [-0.05, 0) is 30.7 Å². The first-order valence-corrected chi connectivity index (χ1v) is 7.48. The molecule has 8 heteroatoms. The van der Waals surface area contributed by atoms with Gasteiger partial charge in [0.1, 0.15) is 5.75 Å². The van der Waals surface area contributed by atoms with Crippen molar-refractivity contribution in [2.45, 2.75) is 20.1 Å². The summed E-state index contributed by atoms with van der Waals surface area (Å²) in [5.41, 5.74) is 0.766. The van der Waals surface area contributed by atoms with Crippen LogP contribution < -0.4 is 14.8 Å². The van der Waals surface area contributed by atoms with Gasteiger partial charge in [-0.3, -0.25) is 4.79 Å². The van der Waals surface area contributed by atoms with Gasteiger partial charge < -0.3 is 14.8 Å². The molecule has 0 saturated carbocycles. The summed E-state index contributed by atoms with van der Waals surface area (Å²) in [5, 5.41) is 2.86. The lowest BCUT2D eigenvalue weighted by molar-refractivity contribution is -0.0498. The second kappa shape index (κ2) is 8.44. The highest BCUT2D eigenvalue weighted by atomic mass is 35.5. The van der Waals surface area contributed by atoms with Crippen LogP contribution in [0.1, 0.15) is 23.0 Å². The summed E-state index contributed by atoms with van der Waals surface area (Å²) in [6.45, 7) is -0.466. The molecule has 1 N–H and O–H groups in total. The Morgan fingerprint density at radius 2 is 1.96 bits per heavy atom. The number of nitrogens with one attached hydrogen (secondary N) is 1. The van der Waals surface area contributed by atoms with Crippen molar-refractivity contribution >= 4 is 17.5 Å². The maximum atomic E-state index is 12.2. The van der Waals surface area contributed by atoms with Crippen molar-refractivity contribution in [1.29, 1.82) is 0 Å². The minimum atomic E-state index is -2.87. The van der Waals surface area contributed by atoms with Gasteiger partial charge in [0.05, 0.1) is 11.6 Å². The third-order valence-corrected chi connectivity index (χ3v) is 3.23. The van der Waals surface area contributed by atoms with Gasteiger partial charge in [-0.15, -0.1) is 0 Å². The summed E-state index contributed by atoms with van der Waals surface area (Å²) in [7, 11) is 0. The summed E-state index contributed by atoms with van der Waals surface area (Å²) < 4.78 is 33.6. The standard InChI is InChI=1S/C16H15ClF2N2O3/c1-2-23-13-8-7-12(17)14(21-13)15(22)20-9-10-3-5-11(6-4-10)24-16(18)19/h3-8,16H,2,9H2,1H3,(H,20,22). The van der Waals surface area contributed by atoms with E-state index in [9.17, 15) is 13.6 Å². The minimum Gasteiger partial charge on any atom is -0.478 e. The van der Waals surface area contributed by atoms with Crippen LogP contribution in [0.4, 0.5) is 8.78 Å². The number of nitrogens with zero attached hydrogens (tertiary/aromatic N) is 1. The first kappa shape index (κ1) is 17.9. The molecule has 24 heavy (non-hydrogen) atoms. The lowest BCUT2D eigenvalue weighted by Gasteiger charge is -2.09. The molecule has 1 heterocycles. The number of hydrogen-bond acceptors (Lipinski definition) is 4. The van der Waals surface area contributed by atoms with Crippen LogP contribution in [0.5, 0.6) is 11.6 Å². The zero-order valence-electron chi connectivity index (χ0n) is 12.8. The molecule has 1 aromatic carbocycles. The van der Waals surface area contributed by atoms with E-state index in [0.717, 1.165) is 0 Å². The van der Waals surface area contributed by atoms with Crippen molar-refractivity contribution in [3.8, 4) is 11.6 Å². The Labute approximate surface area is 142 Å². The summed E-state index contributed by atoms with van der Waals surface area (Å²) in [6.07, 6.45) is 0. The zero-order chi connectivity index (χ0) is 17.5. The van der Waals surface area contributed by atoms with Crippen molar-refractivity contribution in [1.82, 2.24) is 10.3 Å². The molecular formula is C16H15ClF2N2O3. The van der Waals surface area contributed by atoms with Gasteiger partial charge in [0.15, 0.2) is 5.69 Å². The van der Waals surface area contributed by atoms with Crippen molar-refractivity contribution in [2.75, 3.05) is 6.61 Å². The number of alkyl halides is 2. The van der Waals surface area contributed by atoms with E-state index in [-0.39, 0.29) is 23.0 Å². The topological polar surface area (TPSA) is 60.5 Å². The highest BCUT2D eigenvalue weighted by Crippen LogP contribution is 2.19. The lowest BCUT2D eigenvalue weighted by atomic mass is 10.2. The molecule has 1 aromatic heterocycles. The fourth-order valence-electron chi connectivity index (χ4n) is 1.87. The molecule has 0 bridgehead atoms. The van der Waals surface area contributed by atoms with Gasteiger partial charge in [0.2, 0.25) is 5.88 Å². The Hall–Kier alpha value is -2.41. The average molecular weight is 357 g/mol. The highest BCUT2D eigenvalue weighted by Gasteiger charge is 2.13. The fraction of sp³-hybridized carbons (Fsp3) is 0.250. The summed E-state index contributed by atoms with van der Waals surface area (Å²) in [4.78, 5) is 16.2. The number of halogens is 3. The predicted molar refractivity (Wildman–Crippen MR) is 84.7 cm³/mol. The quantitative estimate of drug-likeness (QED) is 0.822. The van der Waals surface area contributed by atoms with Crippen LogP contribution in [-0.2, 0) is 6.54 Å². The Morgan fingerprint density at radius 1 is 1.25 bits per heavy atom. The normalized spacial score (nSPS) is 10.5. The second-order valence-electron chi connectivity index (χ2n) is 4.62. The highest BCUT2D eigenvalue weighted by molar-refractivity contribution is 6.33. The molecule has 0 spiro atoms. The van der Waals surface area contributed by atoms with Crippen molar-refractivity contribution in [3.63, 3.8) is 0 Å². The maximum absolute atomic E-state index is 12.2. The van der Waals surface area contributed by atoms with E-state index >= 15 is 0 Å². The summed E-state index contributed by atoms with van der Waals surface area (Å²) >= 11 is 5.98. The molecule has 0 saturated heterocycles. The summed E-state index contributed by atoms with van der Waals surface area (Å²) in [5.74, 6) is -0.107. The molecule has 128 valence electrons. The molecule has 0 atom stereocenters. The molecule has 0 aliphatic carbocycles. The number of rotatable bonds is 7. The largest absolute Gasteiger partial charge is 0.478 e. The van der Waals surface area contributed by atoms with Crippen LogP contribution in [0.15, 0.2) is 36.4 Å². The van der Waals surface area contributed by atoms with Crippen LogP contribution in [0.2, 0.25) is 5.02 Å². The van der Waals surface area contributed by atoms with E-state index in [1.165, 1.54) is 18.2 Å². The molecule has 0 fully saturated rings. The lowest BCUT2D eigenvalue weighted by Crippen LogP contribution is -2.24. The average Bonchev–Trinajstić information content (AvgIpc) is 2.55. The van der Waals surface area contributed by atoms with E-state index < -0.39 is 12.5 Å². The number of amides is 1. The molecule has 5 nitrogen and oxygen atoms in total. The molecule has 0 aliphatic rings. The number of ether oxygens (including phenoxy) is 2. The molecule has 1 amide bonds. The number of carbonyl (C=O) groups is 1. The number of aromatic nitrogens is 1. The van der Waals surface area contributed by atoms with Crippen LogP contribution in [0, 0.1) is 0 Å². The Balaban J connectivity index is 1.99. The van der Waals surface area contributed by atoms with E-state index in [1.54, 1.807) is 25.1 Å².